The van der Waals surface area contributed by atoms with Crippen LogP contribution in [0.2, 0.25) is 0 Å². The lowest BCUT2D eigenvalue weighted by Gasteiger charge is -2.14. The van der Waals surface area contributed by atoms with Gasteiger partial charge in [-0.2, -0.15) is 0 Å². The van der Waals surface area contributed by atoms with Crippen molar-refractivity contribution in [3.8, 4) is 5.75 Å². The second kappa shape index (κ2) is 9.78. The maximum atomic E-state index is 11.9. The maximum Gasteiger partial charge on any atom is 0.308 e. The van der Waals surface area contributed by atoms with Crippen molar-refractivity contribution in [2.45, 2.75) is 26.2 Å². The van der Waals surface area contributed by atoms with E-state index in [1.54, 1.807) is 6.20 Å². The van der Waals surface area contributed by atoms with E-state index in [4.69, 9.17) is 4.74 Å². The van der Waals surface area contributed by atoms with Gasteiger partial charge in [-0.3, -0.25) is 9.59 Å². The van der Waals surface area contributed by atoms with Gasteiger partial charge in [0, 0.05) is 31.0 Å². The predicted octanol–water partition coefficient (Wildman–Crippen LogP) is 2.53. The molecule has 0 bridgehead atoms. The fourth-order valence-corrected chi connectivity index (χ4v) is 2.96. The van der Waals surface area contributed by atoms with Crippen LogP contribution >= 0.6 is 11.3 Å². The number of aromatic nitrogens is 1. The van der Waals surface area contributed by atoms with E-state index < -0.39 is 11.9 Å². The molecule has 7 heteroatoms. The number of nitrogens with one attached hydrogen (secondary N) is 1. The zero-order valence-corrected chi connectivity index (χ0v) is 14.9. The fourth-order valence-electron chi connectivity index (χ4n) is 2.34. The van der Waals surface area contributed by atoms with E-state index in [1.807, 2.05) is 36.6 Å². The molecule has 0 spiro atoms. The highest BCUT2D eigenvalue weighted by Gasteiger charge is 2.19. The molecular weight excluding hydrogens is 340 g/mol. The molecule has 0 aliphatic carbocycles. The molecule has 0 fully saturated rings. The van der Waals surface area contributed by atoms with Crippen LogP contribution in [0.15, 0.2) is 35.8 Å². The number of aliphatic carboxylic acids is 1. The lowest BCUT2D eigenvalue weighted by molar-refractivity contribution is -0.141. The first kappa shape index (κ1) is 18.9. The van der Waals surface area contributed by atoms with E-state index in [2.05, 4.69) is 10.3 Å². The second-order valence-corrected chi connectivity index (χ2v) is 6.53. The summed E-state index contributed by atoms with van der Waals surface area (Å²) < 4.78 is 5.37. The number of carboxylic acid groups (broad SMARTS) is 1. The number of thiazole rings is 1. The number of hydrogen-bond donors (Lipinski definition) is 2. The Morgan fingerprint density at radius 1 is 1.32 bits per heavy atom. The van der Waals surface area contributed by atoms with E-state index in [0.717, 1.165) is 16.3 Å². The van der Waals surface area contributed by atoms with Gasteiger partial charge in [-0.25, -0.2) is 4.98 Å². The third-order valence-electron chi connectivity index (χ3n) is 3.66. The van der Waals surface area contributed by atoms with Crippen molar-refractivity contribution >= 4 is 23.2 Å². The Balaban J connectivity index is 1.81. The number of amides is 1. The summed E-state index contributed by atoms with van der Waals surface area (Å²) in [5.74, 6) is -0.988. The average molecular weight is 362 g/mol. The van der Waals surface area contributed by atoms with Crippen LogP contribution in [0.3, 0.4) is 0 Å². The van der Waals surface area contributed by atoms with Gasteiger partial charge in [0.2, 0.25) is 5.91 Å². The summed E-state index contributed by atoms with van der Waals surface area (Å²) in [6.45, 7) is 2.61. The molecule has 0 aliphatic heterocycles. The molecule has 0 saturated carbocycles. The molecule has 1 aromatic carbocycles. The summed E-state index contributed by atoms with van der Waals surface area (Å²) >= 11 is 1.51. The summed E-state index contributed by atoms with van der Waals surface area (Å²) in [7, 11) is 0. The number of hydrogen-bond acceptors (Lipinski definition) is 5. The molecule has 1 atom stereocenters. The van der Waals surface area contributed by atoms with Gasteiger partial charge < -0.3 is 15.2 Å². The summed E-state index contributed by atoms with van der Waals surface area (Å²) in [6, 6.07) is 7.35. The first-order chi connectivity index (χ1) is 12.1. The standard InChI is InChI=1S/C18H22N2O4S/c1-2-24-15-5-3-13(4-6-15)11-14(18(22)23)12-20-16(21)7-8-17-19-9-10-25-17/h3-6,9-10,14H,2,7-8,11-12H2,1H3,(H,20,21)(H,22,23). The van der Waals surface area contributed by atoms with Crippen LogP contribution in [0.4, 0.5) is 0 Å². The largest absolute Gasteiger partial charge is 0.494 e. The maximum absolute atomic E-state index is 11.9. The molecule has 1 heterocycles. The van der Waals surface area contributed by atoms with E-state index in [0.29, 0.717) is 25.9 Å². The Morgan fingerprint density at radius 2 is 2.08 bits per heavy atom. The normalized spacial score (nSPS) is 11.7. The third-order valence-corrected chi connectivity index (χ3v) is 4.50. The van der Waals surface area contributed by atoms with Gasteiger partial charge in [-0.05, 0) is 31.0 Å². The van der Waals surface area contributed by atoms with Crippen LogP contribution in [0.1, 0.15) is 23.9 Å². The average Bonchev–Trinajstić information content (AvgIpc) is 3.11. The third kappa shape index (κ3) is 6.54. The quantitative estimate of drug-likeness (QED) is 0.678. The van der Waals surface area contributed by atoms with Crippen molar-refractivity contribution in [2.24, 2.45) is 5.92 Å². The molecule has 2 N–H and O–H groups in total. The Hall–Kier alpha value is -2.41. The zero-order valence-electron chi connectivity index (χ0n) is 14.1. The Labute approximate surface area is 150 Å². The molecule has 2 rings (SSSR count). The monoisotopic (exact) mass is 362 g/mol. The van der Waals surface area contributed by atoms with Crippen molar-refractivity contribution < 1.29 is 19.4 Å². The van der Waals surface area contributed by atoms with Crippen molar-refractivity contribution in [1.82, 2.24) is 10.3 Å². The van der Waals surface area contributed by atoms with Gasteiger partial charge in [-0.1, -0.05) is 12.1 Å². The van der Waals surface area contributed by atoms with Gasteiger partial charge in [-0.15, -0.1) is 11.3 Å². The van der Waals surface area contributed by atoms with Crippen molar-refractivity contribution in [2.75, 3.05) is 13.2 Å². The van der Waals surface area contributed by atoms with E-state index in [9.17, 15) is 14.7 Å². The van der Waals surface area contributed by atoms with E-state index >= 15 is 0 Å². The summed E-state index contributed by atoms with van der Waals surface area (Å²) in [5, 5.41) is 14.9. The van der Waals surface area contributed by atoms with E-state index in [1.165, 1.54) is 11.3 Å². The van der Waals surface area contributed by atoms with Crippen molar-refractivity contribution in [1.29, 1.82) is 0 Å². The SMILES string of the molecule is CCOc1ccc(CC(CNC(=O)CCc2nccs2)C(=O)O)cc1. The van der Waals surface area contributed by atoms with Crippen LogP contribution in [0.5, 0.6) is 5.75 Å². The predicted molar refractivity (Wildman–Crippen MR) is 95.9 cm³/mol. The summed E-state index contributed by atoms with van der Waals surface area (Å²) in [5.41, 5.74) is 0.896. The molecular formula is C18H22N2O4S. The Bertz CT molecular complexity index is 671. The number of rotatable bonds is 10. The number of carboxylic acids is 1. The van der Waals surface area contributed by atoms with Crippen molar-refractivity contribution in [3.05, 3.63) is 46.4 Å². The number of benzene rings is 1. The minimum atomic E-state index is -0.922. The zero-order chi connectivity index (χ0) is 18.1. The van der Waals surface area contributed by atoms with Crippen LogP contribution in [-0.4, -0.2) is 35.1 Å². The molecule has 1 aromatic heterocycles. The molecule has 6 nitrogen and oxygen atoms in total. The molecule has 1 unspecified atom stereocenters. The first-order valence-corrected chi connectivity index (χ1v) is 9.06. The highest BCUT2D eigenvalue weighted by Crippen LogP contribution is 2.15. The molecule has 2 aromatic rings. The smallest absolute Gasteiger partial charge is 0.308 e. The summed E-state index contributed by atoms with van der Waals surface area (Å²) in [6.07, 6.45) is 2.94. The molecule has 1 amide bonds. The molecule has 0 aliphatic rings. The van der Waals surface area contributed by atoms with Gasteiger partial charge in [0.05, 0.1) is 17.5 Å². The second-order valence-electron chi connectivity index (χ2n) is 5.55. The lowest BCUT2D eigenvalue weighted by Crippen LogP contribution is -2.34. The van der Waals surface area contributed by atoms with Gasteiger partial charge >= 0.3 is 5.97 Å². The lowest BCUT2D eigenvalue weighted by atomic mass is 9.99. The minimum Gasteiger partial charge on any atom is -0.494 e. The van der Waals surface area contributed by atoms with Gasteiger partial charge in [0.15, 0.2) is 0 Å². The number of carbonyl (C=O) groups excluding carboxylic acids is 1. The Kier molecular flexibility index (Phi) is 7.40. The molecule has 0 radical (unpaired) electrons. The highest BCUT2D eigenvalue weighted by molar-refractivity contribution is 7.09. The van der Waals surface area contributed by atoms with E-state index in [-0.39, 0.29) is 12.5 Å². The number of aryl methyl sites for hydroxylation is 1. The van der Waals surface area contributed by atoms with Crippen molar-refractivity contribution in [3.63, 3.8) is 0 Å². The van der Waals surface area contributed by atoms with Crippen LogP contribution in [0, 0.1) is 5.92 Å². The molecule has 25 heavy (non-hydrogen) atoms. The minimum absolute atomic E-state index is 0.110. The number of ether oxygens (including phenoxy) is 1. The number of carbonyl (C=O) groups is 2. The number of nitrogens with zero attached hydrogens (tertiary/aromatic N) is 1. The van der Waals surface area contributed by atoms with Crippen LogP contribution in [0.25, 0.3) is 0 Å². The molecule has 0 saturated heterocycles. The fraction of sp³-hybridized carbons (Fsp3) is 0.389. The van der Waals surface area contributed by atoms with Crippen LogP contribution < -0.4 is 10.1 Å². The highest BCUT2D eigenvalue weighted by atomic mass is 32.1. The van der Waals surface area contributed by atoms with Crippen LogP contribution in [-0.2, 0) is 22.4 Å². The molecule has 134 valence electrons. The first-order valence-electron chi connectivity index (χ1n) is 8.18. The summed E-state index contributed by atoms with van der Waals surface area (Å²) in [4.78, 5) is 27.5. The van der Waals surface area contributed by atoms with Gasteiger partial charge in [0.25, 0.3) is 0 Å². The Morgan fingerprint density at radius 3 is 2.68 bits per heavy atom. The van der Waals surface area contributed by atoms with Gasteiger partial charge in [0.1, 0.15) is 5.75 Å². The topological polar surface area (TPSA) is 88.5 Å².